The fraction of sp³-hybridized carbons (Fsp3) is 0.250. The molecule has 7 nitrogen and oxygen atoms in total. The van der Waals surface area contributed by atoms with Crippen molar-refractivity contribution in [2.24, 2.45) is 0 Å². The molecule has 0 radical (unpaired) electrons. The number of rotatable bonds is 4. The number of nitro groups is 1. The molecule has 100 valence electrons. The van der Waals surface area contributed by atoms with Gasteiger partial charge in [-0.15, -0.1) is 0 Å². The minimum absolute atomic E-state index is 0.0350. The number of anilines is 1. The van der Waals surface area contributed by atoms with Crippen molar-refractivity contribution in [1.82, 2.24) is 9.13 Å². The zero-order chi connectivity index (χ0) is 14.0. The van der Waals surface area contributed by atoms with Crippen molar-refractivity contribution in [2.75, 3.05) is 5.73 Å². The molecule has 1 heterocycles. The minimum atomic E-state index is -0.483. The molecule has 0 saturated heterocycles. The minimum Gasteiger partial charge on any atom is -0.398 e. The van der Waals surface area contributed by atoms with Crippen molar-refractivity contribution in [3.8, 4) is 0 Å². The average Bonchev–Trinajstić information content (AvgIpc) is 2.73. The SMILES string of the molecule is CCn1ccn(Cc2cc([N+](=O)[O-])ccc2N)c1=O. The van der Waals surface area contributed by atoms with Crippen LogP contribution in [0.2, 0.25) is 0 Å². The summed E-state index contributed by atoms with van der Waals surface area (Å²) in [6.07, 6.45) is 3.32. The van der Waals surface area contributed by atoms with Crippen molar-refractivity contribution in [1.29, 1.82) is 0 Å². The summed E-state index contributed by atoms with van der Waals surface area (Å²) in [7, 11) is 0. The highest BCUT2D eigenvalue weighted by Crippen LogP contribution is 2.20. The van der Waals surface area contributed by atoms with Crippen LogP contribution in [0.25, 0.3) is 0 Å². The molecule has 0 atom stereocenters. The molecule has 2 N–H and O–H groups in total. The molecule has 2 aromatic rings. The van der Waals surface area contributed by atoms with Gasteiger partial charge in [0.2, 0.25) is 0 Å². The van der Waals surface area contributed by atoms with Crippen LogP contribution in [0.3, 0.4) is 0 Å². The van der Waals surface area contributed by atoms with Crippen LogP contribution in [0.1, 0.15) is 12.5 Å². The van der Waals surface area contributed by atoms with Crippen LogP contribution in [0.5, 0.6) is 0 Å². The molecule has 1 aromatic carbocycles. The van der Waals surface area contributed by atoms with E-state index in [4.69, 9.17) is 5.73 Å². The maximum atomic E-state index is 11.9. The predicted molar refractivity (Wildman–Crippen MR) is 71.0 cm³/mol. The van der Waals surface area contributed by atoms with Gasteiger partial charge in [-0.1, -0.05) is 0 Å². The smallest absolute Gasteiger partial charge is 0.328 e. The Balaban J connectivity index is 2.37. The summed E-state index contributed by atoms with van der Waals surface area (Å²) in [6.45, 7) is 2.67. The van der Waals surface area contributed by atoms with Gasteiger partial charge < -0.3 is 5.73 Å². The van der Waals surface area contributed by atoms with Crippen molar-refractivity contribution in [2.45, 2.75) is 20.0 Å². The second-order valence-electron chi connectivity index (χ2n) is 4.13. The lowest BCUT2D eigenvalue weighted by atomic mass is 10.1. The van der Waals surface area contributed by atoms with E-state index in [2.05, 4.69) is 0 Å². The van der Waals surface area contributed by atoms with Crippen LogP contribution in [-0.4, -0.2) is 14.1 Å². The van der Waals surface area contributed by atoms with Gasteiger partial charge in [0.15, 0.2) is 0 Å². The van der Waals surface area contributed by atoms with Gasteiger partial charge in [-0.3, -0.25) is 19.2 Å². The molecule has 0 bridgehead atoms. The molecular formula is C12H14N4O3. The van der Waals surface area contributed by atoms with E-state index in [9.17, 15) is 14.9 Å². The molecule has 0 unspecified atom stereocenters. The summed E-state index contributed by atoms with van der Waals surface area (Å²) in [4.78, 5) is 22.1. The van der Waals surface area contributed by atoms with Crippen LogP contribution in [0.4, 0.5) is 11.4 Å². The number of nitrogens with zero attached hydrogens (tertiary/aromatic N) is 3. The summed E-state index contributed by atoms with van der Waals surface area (Å²) in [5, 5.41) is 10.7. The van der Waals surface area contributed by atoms with E-state index in [1.165, 1.54) is 22.8 Å². The van der Waals surface area contributed by atoms with E-state index >= 15 is 0 Å². The summed E-state index contributed by atoms with van der Waals surface area (Å²) < 4.78 is 3.02. The largest absolute Gasteiger partial charge is 0.398 e. The fourth-order valence-electron chi connectivity index (χ4n) is 1.84. The summed E-state index contributed by atoms with van der Waals surface area (Å²) in [6, 6.07) is 4.22. The number of aryl methyl sites for hydroxylation is 1. The predicted octanol–water partition coefficient (Wildman–Crippen LogP) is 1.21. The number of non-ortho nitro benzene ring substituents is 1. The molecule has 0 aliphatic rings. The second-order valence-corrected chi connectivity index (χ2v) is 4.13. The van der Waals surface area contributed by atoms with Crippen molar-refractivity contribution >= 4 is 11.4 Å². The Morgan fingerprint density at radius 1 is 1.32 bits per heavy atom. The first kappa shape index (κ1) is 12.9. The Labute approximate surface area is 109 Å². The number of hydrogen-bond acceptors (Lipinski definition) is 4. The van der Waals surface area contributed by atoms with Gasteiger partial charge >= 0.3 is 5.69 Å². The maximum absolute atomic E-state index is 11.9. The maximum Gasteiger partial charge on any atom is 0.328 e. The van der Waals surface area contributed by atoms with Crippen LogP contribution >= 0.6 is 0 Å². The molecule has 0 aliphatic heterocycles. The van der Waals surface area contributed by atoms with Gasteiger partial charge in [0, 0.05) is 42.3 Å². The number of aromatic nitrogens is 2. The average molecular weight is 262 g/mol. The number of nitrogen functional groups attached to an aromatic ring is 1. The van der Waals surface area contributed by atoms with Crippen LogP contribution in [-0.2, 0) is 13.1 Å². The first-order chi connectivity index (χ1) is 9.02. The molecule has 0 saturated carbocycles. The van der Waals surface area contributed by atoms with Gasteiger partial charge in [-0.2, -0.15) is 0 Å². The summed E-state index contributed by atoms with van der Waals surface area (Å²) in [5.41, 5.74) is 6.58. The lowest BCUT2D eigenvalue weighted by molar-refractivity contribution is -0.384. The summed E-state index contributed by atoms with van der Waals surface area (Å²) >= 11 is 0. The lowest BCUT2D eigenvalue weighted by Gasteiger charge is -2.05. The van der Waals surface area contributed by atoms with E-state index in [1.54, 1.807) is 17.0 Å². The van der Waals surface area contributed by atoms with E-state index < -0.39 is 4.92 Å². The monoisotopic (exact) mass is 262 g/mol. The third kappa shape index (κ3) is 2.49. The van der Waals surface area contributed by atoms with Crippen LogP contribution in [0.15, 0.2) is 35.4 Å². The third-order valence-corrected chi connectivity index (χ3v) is 2.94. The first-order valence-corrected chi connectivity index (χ1v) is 5.81. The van der Waals surface area contributed by atoms with Gasteiger partial charge in [0.1, 0.15) is 0 Å². The van der Waals surface area contributed by atoms with Gasteiger partial charge in [-0.25, -0.2) is 4.79 Å². The van der Waals surface area contributed by atoms with Crippen molar-refractivity contribution < 1.29 is 4.92 Å². The highest BCUT2D eigenvalue weighted by atomic mass is 16.6. The fourth-order valence-corrected chi connectivity index (χ4v) is 1.84. The molecular weight excluding hydrogens is 248 g/mol. The summed E-state index contributed by atoms with van der Waals surface area (Å²) in [5.74, 6) is 0. The Kier molecular flexibility index (Phi) is 3.37. The quantitative estimate of drug-likeness (QED) is 0.508. The topological polar surface area (TPSA) is 96.1 Å². The van der Waals surface area contributed by atoms with Gasteiger partial charge in [0.25, 0.3) is 5.69 Å². The Morgan fingerprint density at radius 2 is 2.00 bits per heavy atom. The number of imidazole rings is 1. The lowest BCUT2D eigenvalue weighted by Crippen LogP contribution is -2.24. The second kappa shape index (κ2) is 4.97. The van der Waals surface area contributed by atoms with E-state index in [1.807, 2.05) is 6.92 Å². The van der Waals surface area contributed by atoms with Crippen molar-refractivity contribution in [3.63, 3.8) is 0 Å². The van der Waals surface area contributed by atoms with Gasteiger partial charge in [0.05, 0.1) is 11.5 Å². The molecule has 7 heteroatoms. The molecule has 0 aliphatic carbocycles. The third-order valence-electron chi connectivity index (χ3n) is 2.94. The van der Waals surface area contributed by atoms with Crippen molar-refractivity contribution in [3.05, 3.63) is 56.8 Å². The standard InChI is InChI=1S/C12H14N4O3/c1-2-14-5-6-15(12(14)17)8-9-7-10(16(18)19)3-4-11(9)13/h3-7H,2,8,13H2,1H3. The molecule has 1 aromatic heterocycles. The Hall–Kier alpha value is -2.57. The zero-order valence-electron chi connectivity index (χ0n) is 10.4. The molecule has 0 fully saturated rings. The number of hydrogen-bond donors (Lipinski definition) is 1. The van der Waals surface area contributed by atoms with Crippen LogP contribution in [0, 0.1) is 10.1 Å². The first-order valence-electron chi connectivity index (χ1n) is 5.81. The highest BCUT2D eigenvalue weighted by Gasteiger charge is 2.11. The number of nitro benzene ring substituents is 1. The van der Waals surface area contributed by atoms with E-state index in [0.29, 0.717) is 17.8 Å². The molecule has 2 rings (SSSR count). The van der Waals surface area contributed by atoms with Gasteiger partial charge in [-0.05, 0) is 13.0 Å². The molecule has 0 amide bonds. The van der Waals surface area contributed by atoms with E-state index in [0.717, 1.165) is 0 Å². The van der Waals surface area contributed by atoms with Crippen LogP contribution < -0.4 is 11.4 Å². The molecule has 19 heavy (non-hydrogen) atoms. The zero-order valence-corrected chi connectivity index (χ0v) is 10.4. The number of nitrogens with two attached hydrogens (primary N) is 1. The number of benzene rings is 1. The molecule has 0 spiro atoms. The van der Waals surface area contributed by atoms with E-state index in [-0.39, 0.29) is 17.9 Å². The Morgan fingerprint density at radius 3 is 2.58 bits per heavy atom. The Bertz CT molecular complexity index is 672. The highest BCUT2D eigenvalue weighted by molar-refractivity contribution is 5.52. The normalized spacial score (nSPS) is 10.6.